The lowest BCUT2D eigenvalue weighted by Gasteiger charge is -2.45. The number of carbonyl (C=O) groups excluding carboxylic acids is 1. The zero-order valence-corrected chi connectivity index (χ0v) is 22.5. The third kappa shape index (κ3) is 5.28. The van der Waals surface area contributed by atoms with Gasteiger partial charge in [-0.1, -0.05) is 72.0 Å². The molecule has 1 aliphatic rings. The topological polar surface area (TPSA) is 84.7 Å². The maximum absolute atomic E-state index is 13.3. The zero-order valence-electron chi connectivity index (χ0n) is 21.7. The van der Waals surface area contributed by atoms with Crippen LogP contribution in [0.3, 0.4) is 0 Å². The van der Waals surface area contributed by atoms with E-state index in [4.69, 9.17) is 4.74 Å². The van der Waals surface area contributed by atoms with Crippen LogP contribution in [0.4, 0.5) is 4.79 Å². The molecule has 196 valence electrons. The SMILES string of the molecule is C[C@@H](c1ccc(-c2cnc(-n3ccccc3=O)s2)cc1)N1CC[C@](CC(C)(C)O)(c2ccccc2)OC1=O. The molecular formula is C30H31N3O4S. The smallest absolute Gasteiger partial charge is 0.411 e. The fourth-order valence-electron chi connectivity index (χ4n) is 5.09. The van der Waals surface area contributed by atoms with Crippen molar-refractivity contribution in [3.8, 4) is 15.6 Å². The molecule has 2 aromatic heterocycles. The largest absolute Gasteiger partial charge is 0.438 e. The van der Waals surface area contributed by atoms with E-state index < -0.39 is 11.2 Å². The Bertz CT molecular complexity index is 1470. The first-order chi connectivity index (χ1) is 18.2. The maximum Gasteiger partial charge on any atom is 0.411 e. The lowest BCUT2D eigenvalue weighted by molar-refractivity contribution is -0.101. The Kier molecular flexibility index (Phi) is 6.94. The molecule has 0 bridgehead atoms. The summed E-state index contributed by atoms with van der Waals surface area (Å²) >= 11 is 1.44. The van der Waals surface area contributed by atoms with E-state index in [0.29, 0.717) is 24.5 Å². The van der Waals surface area contributed by atoms with Crippen molar-refractivity contribution in [3.63, 3.8) is 0 Å². The standard InChI is InChI=1S/C30H31N3O4S/c1-21(32-18-16-30(37-28(32)35,20-29(2,3)36)24-9-5-4-6-10-24)22-12-14-23(15-13-22)25-19-31-27(38-25)33-17-8-7-11-26(33)34/h4-15,17,19,21,36H,16,18,20H2,1-3H3/t21-,30-/m0/s1. The first-order valence-electron chi connectivity index (χ1n) is 12.7. The molecule has 1 aliphatic heterocycles. The van der Waals surface area contributed by atoms with Crippen LogP contribution in [-0.2, 0) is 10.3 Å². The van der Waals surface area contributed by atoms with E-state index in [2.05, 4.69) is 4.98 Å². The Labute approximate surface area is 226 Å². The number of cyclic esters (lactones) is 1. The summed E-state index contributed by atoms with van der Waals surface area (Å²) in [5, 5.41) is 11.2. The fraction of sp³-hybridized carbons (Fsp3) is 0.300. The van der Waals surface area contributed by atoms with Crippen molar-refractivity contribution in [1.82, 2.24) is 14.5 Å². The summed E-state index contributed by atoms with van der Waals surface area (Å²) < 4.78 is 7.66. The van der Waals surface area contributed by atoms with Gasteiger partial charge in [-0.25, -0.2) is 9.78 Å². The van der Waals surface area contributed by atoms with E-state index >= 15 is 0 Å². The average Bonchev–Trinajstić information content (AvgIpc) is 3.38. The van der Waals surface area contributed by atoms with Crippen LogP contribution < -0.4 is 5.56 Å². The summed E-state index contributed by atoms with van der Waals surface area (Å²) in [6.07, 6.45) is 3.99. The van der Waals surface area contributed by atoms with Gasteiger partial charge in [0.05, 0.1) is 16.5 Å². The highest BCUT2D eigenvalue weighted by Gasteiger charge is 2.46. The van der Waals surface area contributed by atoms with Gasteiger partial charge in [0.1, 0.15) is 5.60 Å². The van der Waals surface area contributed by atoms with E-state index in [1.54, 1.807) is 43.3 Å². The molecule has 5 rings (SSSR count). The minimum absolute atomic E-state index is 0.121. The molecule has 1 saturated heterocycles. The normalized spacial score (nSPS) is 18.7. The molecule has 3 heterocycles. The highest BCUT2D eigenvalue weighted by Crippen LogP contribution is 2.42. The Balaban J connectivity index is 1.32. The van der Waals surface area contributed by atoms with Gasteiger partial charge in [-0.15, -0.1) is 0 Å². The maximum atomic E-state index is 13.3. The summed E-state index contributed by atoms with van der Waals surface area (Å²) in [6, 6.07) is 22.6. The number of amides is 1. The van der Waals surface area contributed by atoms with Gasteiger partial charge in [-0.3, -0.25) is 9.36 Å². The van der Waals surface area contributed by atoms with Crippen molar-refractivity contribution in [2.24, 2.45) is 0 Å². The summed E-state index contributed by atoms with van der Waals surface area (Å²) in [5.74, 6) is 0. The van der Waals surface area contributed by atoms with E-state index in [1.165, 1.54) is 22.0 Å². The van der Waals surface area contributed by atoms with Crippen molar-refractivity contribution in [2.45, 2.75) is 50.9 Å². The number of benzene rings is 2. The lowest BCUT2D eigenvalue weighted by Crippen LogP contribution is -2.51. The zero-order chi connectivity index (χ0) is 26.9. The van der Waals surface area contributed by atoms with E-state index in [0.717, 1.165) is 21.6 Å². The van der Waals surface area contributed by atoms with Crippen LogP contribution in [0.25, 0.3) is 15.6 Å². The van der Waals surface area contributed by atoms with Crippen LogP contribution in [0.1, 0.15) is 50.8 Å². The molecule has 0 aliphatic carbocycles. The van der Waals surface area contributed by atoms with Gasteiger partial charge in [0, 0.05) is 37.8 Å². The lowest BCUT2D eigenvalue weighted by atomic mass is 9.80. The van der Waals surface area contributed by atoms with E-state index in [9.17, 15) is 14.7 Å². The Morgan fingerprint density at radius 3 is 2.42 bits per heavy atom. The molecule has 1 fully saturated rings. The first kappa shape index (κ1) is 25.9. The molecule has 8 heteroatoms. The van der Waals surface area contributed by atoms with Gasteiger partial charge in [-0.2, -0.15) is 0 Å². The average molecular weight is 530 g/mol. The highest BCUT2D eigenvalue weighted by atomic mass is 32.1. The second-order valence-corrected chi connectivity index (χ2v) is 11.4. The minimum atomic E-state index is -0.996. The predicted octanol–water partition coefficient (Wildman–Crippen LogP) is 5.92. The van der Waals surface area contributed by atoms with Crippen molar-refractivity contribution in [2.75, 3.05) is 6.54 Å². The van der Waals surface area contributed by atoms with Crippen LogP contribution in [0, 0.1) is 0 Å². The molecule has 1 amide bonds. The molecule has 0 saturated carbocycles. The third-order valence-corrected chi connectivity index (χ3v) is 8.00. The van der Waals surface area contributed by atoms with Crippen molar-refractivity contribution >= 4 is 17.4 Å². The summed E-state index contributed by atoms with van der Waals surface area (Å²) in [5.41, 5.74) is 0.887. The summed E-state index contributed by atoms with van der Waals surface area (Å²) in [6.45, 7) is 5.99. The van der Waals surface area contributed by atoms with Gasteiger partial charge in [-0.05, 0) is 43.5 Å². The minimum Gasteiger partial charge on any atom is -0.438 e. The quantitative estimate of drug-likeness (QED) is 0.321. The molecule has 0 unspecified atom stereocenters. The number of hydrogen-bond donors (Lipinski definition) is 1. The van der Waals surface area contributed by atoms with E-state index in [1.807, 2.05) is 61.5 Å². The second kappa shape index (κ2) is 10.2. The number of nitrogens with zero attached hydrogens (tertiary/aromatic N) is 3. The van der Waals surface area contributed by atoms with Crippen LogP contribution in [0.2, 0.25) is 0 Å². The molecular weight excluding hydrogens is 498 g/mol. The number of ether oxygens (including phenoxy) is 1. The number of aromatic nitrogens is 2. The molecule has 2 atom stereocenters. The molecule has 1 N–H and O–H groups in total. The Morgan fingerprint density at radius 1 is 1.05 bits per heavy atom. The number of pyridine rings is 1. The number of thiazole rings is 1. The van der Waals surface area contributed by atoms with Crippen molar-refractivity contribution < 1.29 is 14.6 Å². The molecule has 38 heavy (non-hydrogen) atoms. The molecule has 4 aromatic rings. The van der Waals surface area contributed by atoms with Gasteiger partial charge < -0.3 is 14.7 Å². The Morgan fingerprint density at radius 2 is 1.76 bits per heavy atom. The molecule has 0 radical (unpaired) electrons. The third-order valence-electron chi connectivity index (χ3n) is 6.96. The number of carbonyl (C=O) groups is 1. The van der Waals surface area contributed by atoms with Gasteiger partial charge in [0.2, 0.25) is 0 Å². The van der Waals surface area contributed by atoms with Crippen LogP contribution in [-0.4, -0.2) is 37.8 Å². The molecule has 2 aromatic carbocycles. The van der Waals surface area contributed by atoms with Crippen molar-refractivity contribution in [1.29, 1.82) is 0 Å². The number of rotatable bonds is 7. The van der Waals surface area contributed by atoms with Crippen LogP contribution in [0.5, 0.6) is 0 Å². The molecule has 7 nitrogen and oxygen atoms in total. The Hall–Kier alpha value is -3.75. The predicted molar refractivity (Wildman–Crippen MR) is 148 cm³/mol. The van der Waals surface area contributed by atoms with Crippen LogP contribution >= 0.6 is 11.3 Å². The van der Waals surface area contributed by atoms with Gasteiger partial charge in [0.15, 0.2) is 5.13 Å². The second-order valence-electron chi connectivity index (χ2n) is 10.4. The van der Waals surface area contributed by atoms with Gasteiger partial charge >= 0.3 is 6.09 Å². The number of aliphatic hydroxyl groups is 1. The first-order valence-corrected chi connectivity index (χ1v) is 13.5. The summed E-state index contributed by atoms with van der Waals surface area (Å²) in [7, 11) is 0. The van der Waals surface area contributed by atoms with E-state index in [-0.39, 0.29) is 17.7 Å². The fourth-order valence-corrected chi connectivity index (χ4v) is 6.00. The summed E-state index contributed by atoms with van der Waals surface area (Å²) in [4.78, 5) is 32.6. The number of hydrogen-bond acceptors (Lipinski definition) is 6. The molecule has 0 spiro atoms. The highest BCUT2D eigenvalue weighted by molar-refractivity contribution is 7.17. The van der Waals surface area contributed by atoms with Gasteiger partial charge in [0.25, 0.3) is 5.56 Å². The van der Waals surface area contributed by atoms with Crippen molar-refractivity contribution in [3.05, 3.63) is 107 Å². The van der Waals surface area contributed by atoms with Crippen LogP contribution in [0.15, 0.2) is 90.0 Å². The monoisotopic (exact) mass is 529 g/mol.